The Morgan fingerprint density at radius 2 is 2.00 bits per heavy atom. The fourth-order valence-corrected chi connectivity index (χ4v) is 4.12. The molecular formula is C18H18O2S. The molecule has 2 aliphatic rings. The summed E-state index contributed by atoms with van der Waals surface area (Å²) in [4.78, 5) is 12.3. The number of hydrogen-bond acceptors (Lipinski definition) is 3. The van der Waals surface area contributed by atoms with E-state index < -0.39 is 0 Å². The van der Waals surface area contributed by atoms with Crippen LogP contribution in [0.3, 0.4) is 0 Å². The zero-order chi connectivity index (χ0) is 14.8. The smallest absolute Gasteiger partial charge is 0.146 e. The van der Waals surface area contributed by atoms with Crippen molar-refractivity contribution < 1.29 is 9.53 Å². The van der Waals surface area contributed by atoms with E-state index in [0.717, 1.165) is 24.0 Å². The van der Waals surface area contributed by atoms with Gasteiger partial charge in [-0.2, -0.15) is 0 Å². The Morgan fingerprint density at radius 1 is 1.24 bits per heavy atom. The summed E-state index contributed by atoms with van der Waals surface area (Å²) in [6.07, 6.45) is 8.37. The van der Waals surface area contributed by atoms with Crippen molar-refractivity contribution in [2.24, 2.45) is 5.92 Å². The van der Waals surface area contributed by atoms with E-state index in [1.54, 1.807) is 7.11 Å². The SMILES string of the molecule is COc1ccc(C2=CC=C3C=C(C=O)C(C)CC3S2)cc1. The molecule has 0 saturated heterocycles. The molecule has 0 spiro atoms. The highest BCUT2D eigenvalue weighted by Gasteiger charge is 2.27. The van der Waals surface area contributed by atoms with E-state index >= 15 is 0 Å². The number of rotatable bonds is 3. The Balaban J connectivity index is 1.88. The minimum Gasteiger partial charge on any atom is -0.497 e. The molecule has 0 aromatic heterocycles. The Hall–Kier alpha value is -1.74. The zero-order valence-corrected chi connectivity index (χ0v) is 13.0. The molecule has 21 heavy (non-hydrogen) atoms. The van der Waals surface area contributed by atoms with Crippen molar-refractivity contribution in [1.29, 1.82) is 0 Å². The standard InChI is InChI=1S/C18H18O2S/c1-12-9-18-14(10-15(12)11-19)5-8-17(21-18)13-3-6-16(20-2)7-4-13/h3-8,10-12,18H,9H2,1-2H3. The zero-order valence-electron chi connectivity index (χ0n) is 12.2. The first-order valence-electron chi connectivity index (χ1n) is 7.11. The molecule has 0 radical (unpaired) electrons. The molecule has 1 heterocycles. The van der Waals surface area contributed by atoms with E-state index in [2.05, 4.69) is 37.3 Å². The van der Waals surface area contributed by atoms with Crippen molar-refractivity contribution in [1.82, 2.24) is 0 Å². The molecule has 0 saturated carbocycles. The van der Waals surface area contributed by atoms with Gasteiger partial charge in [-0.25, -0.2) is 0 Å². The maximum atomic E-state index is 11.1. The van der Waals surface area contributed by atoms with Crippen LogP contribution in [-0.4, -0.2) is 18.6 Å². The summed E-state index contributed by atoms with van der Waals surface area (Å²) in [6, 6.07) is 8.17. The number of ether oxygens (including phenoxy) is 1. The minimum atomic E-state index is 0.340. The van der Waals surface area contributed by atoms with Gasteiger partial charge in [0, 0.05) is 10.2 Å². The van der Waals surface area contributed by atoms with Crippen LogP contribution < -0.4 is 4.74 Å². The minimum absolute atomic E-state index is 0.340. The van der Waals surface area contributed by atoms with Gasteiger partial charge in [0.15, 0.2) is 0 Å². The third-order valence-corrected chi connectivity index (χ3v) is 5.42. The Kier molecular flexibility index (Phi) is 4.02. The van der Waals surface area contributed by atoms with Crippen LogP contribution >= 0.6 is 11.8 Å². The van der Waals surface area contributed by atoms with E-state index in [1.165, 1.54) is 16.0 Å². The summed E-state index contributed by atoms with van der Waals surface area (Å²) in [6.45, 7) is 2.13. The van der Waals surface area contributed by atoms with Gasteiger partial charge < -0.3 is 4.74 Å². The van der Waals surface area contributed by atoms with Gasteiger partial charge in [0.2, 0.25) is 0 Å². The quantitative estimate of drug-likeness (QED) is 0.781. The Labute approximate surface area is 129 Å². The highest BCUT2D eigenvalue weighted by molar-refractivity contribution is 8.09. The second-order valence-electron chi connectivity index (χ2n) is 5.43. The van der Waals surface area contributed by atoms with E-state index in [-0.39, 0.29) is 0 Å². The van der Waals surface area contributed by atoms with Crippen LogP contribution in [0.5, 0.6) is 5.75 Å². The van der Waals surface area contributed by atoms with Crippen molar-refractivity contribution in [3.8, 4) is 5.75 Å². The molecule has 2 nitrogen and oxygen atoms in total. The predicted molar refractivity (Wildman–Crippen MR) is 88.4 cm³/mol. The fourth-order valence-electron chi connectivity index (χ4n) is 2.73. The lowest BCUT2D eigenvalue weighted by Gasteiger charge is -2.30. The summed E-state index contributed by atoms with van der Waals surface area (Å²) in [5.74, 6) is 1.22. The number of allylic oxidation sites excluding steroid dienone is 4. The molecule has 1 aliphatic heterocycles. The monoisotopic (exact) mass is 298 g/mol. The maximum Gasteiger partial charge on any atom is 0.146 e. The fraction of sp³-hybridized carbons (Fsp3) is 0.278. The number of hydrogen-bond donors (Lipinski definition) is 0. The lowest BCUT2D eigenvalue weighted by molar-refractivity contribution is -0.105. The van der Waals surface area contributed by atoms with Crippen molar-refractivity contribution >= 4 is 23.0 Å². The first-order chi connectivity index (χ1) is 10.2. The third kappa shape index (κ3) is 2.84. The molecule has 1 aliphatic carbocycles. The van der Waals surface area contributed by atoms with Gasteiger partial charge in [0.1, 0.15) is 12.0 Å². The largest absolute Gasteiger partial charge is 0.497 e. The van der Waals surface area contributed by atoms with Crippen molar-refractivity contribution in [2.45, 2.75) is 18.6 Å². The number of thioether (sulfide) groups is 1. The Morgan fingerprint density at radius 3 is 2.67 bits per heavy atom. The highest BCUT2D eigenvalue weighted by Crippen LogP contribution is 2.44. The number of fused-ring (bicyclic) bond motifs is 1. The molecule has 108 valence electrons. The normalized spacial score (nSPS) is 24.4. The van der Waals surface area contributed by atoms with Crippen LogP contribution in [0.2, 0.25) is 0 Å². The molecule has 0 bridgehead atoms. The molecular weight excluding hydrogens is 280 g/mol. The van der Waals surface area contributed by atoms with Crippen molar-refractivity contribution in [3.05, 3.63) is 59.2 Å². The molecule has 2 unspecified atom stereocenters. The molecule has 1 aromatic carbocycles. The van der Waals surface area contributed by atoms with Crippen molar-refractivity contribution in [3.63, 3.8) is 0 Å². The van der Waals surface area contributed by atoms with Gasteiger partial charge in [-0.3, -0.25) is 4.79 Å². The summed E-state index contributed by atoms with van der Waals surface area (Å²) >= 11 is 1.89. The molecule has 0 amide bonds. The van der Waals surface area contributed by atoms with Crippen LogP contribution in [0.1, 0.15) is 18.9 Å². The topological polar surface area (TPSA) is 26.3 Å². The van der Waals surface area contributed by atoms with Gasteiger partial charge in [0.25, 0.3) is 0 Å². The summed E-state index contributed by atoms with van der Waals surface area (Å²) < 4.78 is 5.20. The average molecular weight is 298 g/mol. The molecule has 3 heteroatoms. The maximum absolute atomic E-state index is 11.1. The second-order valence-corrected chi connectivity index (χ2v) is 6.68. The third-order valence-electron chi connectivity index (χ3n) is 4.05. The van der Waals surface area contributed by atoms with Crippen LogP contribution in [-0.2, 0) is 4.79 Å². The second kappa shape index (κ2) is 5.94. The van der Waals surface area contributed by atoms with Gasteiger partial charge >= 0.3 is 0 Å². The van der Waals surface area contributed by atoms with Crippen LogP contribution in [0.25, 0.3) is 4.91 Å². The summed E-state index contributed by atoms with van der Waals surface area (Å²) in [5.41, 5.74) is 3.39. The Bertz CT molecular complexity index is 638. The van der Waals surface area contributed by atoms with Gasteiger partial charge in [-0.05, 0) is 47.3 Å². The van der Waals surface area contributed by atoms with E-state index in [9.17, 15) is 4.79 Å². The molecule has 0 fully saturated rings. The highest BCUT2D eigenvalue weighted by atomic mass is 32.2. The van der Waals surface area contributed by atoms with Crippen LogP contribution in [0.4, 0.5) is 0 Å². The number of aldehydes is 1. The molecule has 0 N–H and O–H groups in total. The lowest BCUT2D eigenvalue weighted by atomic mass is 9.86. The number of carbonyl (C=O) groups is 1. The predicted octanol–water partition coefficient (Wildman–Crippen LogP) is 4.24. The number of carbonyl (C=O) groups excluding carboxylic acids is 1. The van der Waals surface area contributed by atoms with E-state index in [4.69, 9.17) is 4.74 Å². The first kappa shape index (κ1) is 14.2. The van der Waals surface area contributed by atoms with E-state index in [0.29, 0.717) is 11.2 Å². The number of methoxy groups -OCH3 is 1. The van der Waals surface area contributed by atoms with Crippen LogP contribution in [0.15, 0.2) is 53.6 Å². The number of benzene rings is 1. The van der Waals surface area contributed by atoms with Gasteiger partial charge in [-0.1, -0.05) is 31.2 Å². The summed E-state index contributed by atoms with van der Waals surface area (Å²) in [5, 5.41) is 0.450. The van der Waals surface area contributed by atoms with Gasteiger partial charge in [0.05, 0.1) is 7.11 Å². The molecule has 2 atom stereocenters. The molecule has 1 aromatic rings. The van der Waals surface area contributed by atoms with Crippen molar-refractivity contribution in [2.75, 3.05) is 7.11 Å². The molecule has 3 rings (SSSR count). The van der Waals surface area contributed by atoms with E-state index in [1.807, 2.05) is 23.9 Å². The van der Waals surface area contributed by atoms with Crippen LogP contribution in [0, 0.1) is 5.92 Å². The lowest BCUT2D eigenvalue weighted by Crippen LogP contribution is -2.20. The summed E-state index contributed by atoms with van der Waals surface area (Å²) in [7, 11) is 1.68. The van der Waals surface area contributed by atoms with Gasteiger partial charge in [-0.15, -0.1) is 11.8 Å². The average Bonchev–Trinajstić information content (AvgIpc) is 2.53. The first-order valence-corrected chi connectivity index (χ1v) is 7.99.